The van der Waals surface area contributed by atoms with Gasteiger partial charge in [-0.15, -0.1) is 0 Å². The Morgan fingerprint density at radius 3 is 1.80 bits per heavy atom. The van der Waals surface area contributed by atoms with E-state index in [-0.39, 0.29) is 0 Å². The summed E-state index contributed by atoms with van der Waals surface area (Å²) >= 11 is 0. The lowest BCUT2D eigenvalue weighted by Crippen LogP contribution is -1.89. The zero-order valence-corrected chi connectivity index (χ0v) is 15.5. The van der Waals surface area contributed by atoms with Gasteiger partial charge in [0.2, 0.25) is 0 Å². The van der Waals surface area contributed by atoms with E-state index in [0.717, 1.165) is 12.2 Å². The molecule has 1 heterocycles. The van der Waals surface area contributed by atoms with Crippen molar-refractivity contribution in [1.82, 2.24) is 9.97 Å². The number of aromatic nitrogens is 2. The smallest absolute Gasteiger partial charge is 0.349 e. The molecule has 0 aliphatic rings. The molecule has 25 heavy (non-hydrogen) atoms. The van der Waals surface area contributed by atoms with E-state index in [4.69, 9.17) is 28.0 Å². The van der Waals surface area contributed by atoms with Gasteiger partial charge in [0.25, 0.3) is 0 Å². The van der Waals surface area contributed by atoms with E-state index in [0.29, 0.717) is 0 Å². The van der Waals surface area contributed by atoms with Crippen LogP contribution in [0.4, 0.5) is 0 Å². The van der Waals surface area contributed by atoms with E-state index in [2.05, 4.69) is 16.9 Å². The average molecular weight is 372 g/mol. The molecule has 0 aliphatic heterocycles. The van der Waals surface area contributed by atoms with Crippen molar-refractivity contribution in [2.45, 2.75) is 71.1 Å². The van der Waals surface area contributed by atoms with Gasteiger partial charge < -0.3 is 4.98 Å². The second-order valence-electron chi connectivity index (χ2n) is 5.29. The predicted octanol–water partition coefficient (Wildman–Crippen LogP) is 3.86. The SMILES string of the molecule is CCCCCCCCCCCc1ncc[nH]1.N#CC#N.O=S(=O)(O)O. The first-order chi connectivity index (χ1) is 11.8. The molecule has 8 nitrogen and oxygen atoms in total. The minimum absolute atomic E-state index is 1.11. The van der Waals surface area contributed by atoms with Crippen LogP contribution in [0.3, 0.4) is 0 Å². The topological polar surface area (TPSA) is 151 Å². The maximum absolute atomic E-state index is 8.74. The van der Waals surface area contributed by atoms with Crippen LogP contribution in [-0.4, -0.2) is 27.5 Å². The Morgan fingerprint density at radius 2 is 1.44 bits per heavy atom. The van der Waals surface area contributed by atoms with E-state index < -0.39 is 10.4 Å². The number of hydrogen-bond acceptors (Lipinski definition) is 5. The maximum Gasteiger partial charge on any atom is 0.394 e. The first-order valence-corrected chi connectivity index (χ1v) is 9.71. The summed E-state index contributed by atoms with van der Waals surface area (Å²) in [7, 11) is -4.67. The molecule has 0 aliphatic carbocycles. The molecule has 0 atom stereocenters. The third kappa shape index (κ3) is 30.5. The number of unbranched alkanes of at least 4 members (excludes halogenated alkanes) is 8. The van der Waals surface area contributed by atoms with Crippen molar-refractivity contribution < 1.29 is 17.5 Å². The Labute approximate surface area is 150 Å². The van der Waals surface area contributed by atoms with Crippen molar-refractivity contribution >= 4 is 10.4 Å². The number of nitrogens with zero attached hydrogens (tertiary/aromatic N) is 3. The summed E-state index contributed by atoms with van der Waals surface area (Å²) in [4.78, 5) is 7.38. The number of hydrogen-bond donors (Lipinski definition) is 3. The third-order valence-corrected chi connectivity index (χ3v) is 3.12. The van der Waals surface area contributed by atoms with Crippen LogP contribution in [0.2, 0.25) is 0 Å². The molecule has 0 aromatic carbocycles. The molecule has 0 saturated carbocycles. The van der Waals surface area contributed by atoms with Crippen LogP contribution >= 0.6 is 0 Å². The summed E-state index contributed by atoms with van der Waals surface area (Å²) in [5, 5.41) is 14.5. The van der Waals surface area contributed by atoms with Crippen LogP contribution in [0, 0.1) is 22.7 Å². The highest BCUT2D eigenvalue weighted by molar-refractivity contribution is 7.79. The second-order valence-corrected chi connectivity index (χ2v) is 6.18. The van der Waals surface area contributed by atoms with Crippen LogP contribution in [0.5, 0.6) is 0 Å². The third-order valence-electron chi connectivity index (χ3n) is 3.12. The van der Waals surface area contributed by atoms with Gasteiger partial charge in [0, 0.05) is 18.8 Å². The number of aryl methyl sites for hydroxylation is 1. The molecule has 0 radical (unpaired) electrons. The van der Waals surface area contributed by atoms with Gasteiger partial charge in [0.1, 0.15) is 5.82 Å². The quantitative estimate of drug-likeness (QED) is 0.416. The van der Waals surface area contributed by atoms with Crippen molar-refractivity contribution in [2.24, 2.45) is 0 Å². The Morgan fingerprint density at radius 1 is 1.00 bits per heavy atom. The average Bonchev–Trinajstić information content (AvgIpc) is 3.05. The lowest BCUT2D eigenvalue weighted by Gasteiger charge is -2.01. The van der Waals surface area contributed by atoms with Gasteiger partial charge in [0.15, 0.2) is 12.1 Å². The summed E-state index contributed by atoms with van der Waals surface area (Å²) in [5.74, 6) is 1.14. The van der Waals surface area contributed by atoms with E-state index in [1.165, 1.54) is 69.9 Å². The van der Waals surface area contributed by atoms with Crippen LogP contribution in [0.1, 0.15) is 70.5 Å². The fourth-order valence-electron chi connectivity index (χ4n) is 2.04. The zero-order chi connectivity index (χ0) is 19.4. The normalized spacial score (nSPS) is 9.64. The zero-order valence-electron chi connectivity index (χ0n) is 14.7. The highest BCUT2D eigenvalue weighted by Crippen LogP contribution is 2.10. The van der Waals surface area contributed by atoms with Gasteiger partial charge in [-0.3, -0.25) is 9.11 Å². The van der Waals surface area contributed by atoms with Crippen LogP contribution < -0.4 is 0 Å². The molecule has 0 spiro atoms. The molecule has 142 valence electrons. The van der Waals surface area contributed by atoms with E-state index >= 15 is 0 Å². The van der Waals surface area contributed by atoms with Gasteiger partial charge in [-0.1, -0.05) is 58.3 Å². The van der Waals surface area contributed by atoms with E-state index in [1.54, 1.807) is 0 Å². The number of nitriles is 2. The molecule has 1 aromatic rings. The van der Waals surface area contributed by atoms with Gasteiger partial charge >= 0.3 is 10.4 Å². The monoisotopic (exact) mass is 372 g/mol. The number of H-pyrrole nitrogens is 1. The van der Waals surface area contributed by atoms with E-state index in [9.17, 15) is 0 Å². The summed E-state index contributed by atoms with van der Waals surface area (Å²) in [6.45, 7) is 2.27. The summed E-state index contributed by atoms with van der Waals surface area (Å²) < 4.78 is 31.6. The van der Waals surface area contributed by atoms with Gasteiger partial charge in [0.05, 0.1) is 0 Å². The van der Waals surface area contributed by atoms with Crippen molar-refractivity contribution in [3.8, 4) is 12.1 Å². The molecule has 1 rings (SSSR count). The first-order valence-electron chi connectivity index (χ1n) is 8.31. The van der Waals surface area contributed by atoms with E-state index in [1.807, 2.05) is 12.4 Å². The number of imidazole rings is 1. The minimum atomic E-state index is -4.67. The Bertz CT molecular complexity index is 554. The summed E-state index contributed by atoms with van der Waals surface area (Å²) in [6.07, 6.45) is 17.4. The summed E-state index contributed by atoms with van der Waals surface area (Å²) in [6, 6.07) is 2.47. The van der Waals surface area contributed by atoms with Crippen LogP contribution in [0.15, 0.2) is 12.4 Å². The van der Waals surface area contributed by atoms with Gasteiger partial charge in [-0.2, -0.15) is 18.9 Å². The first kappa shape index (κ1) is 25.3. The standard InChI is InChI=1S/C14H26N2.C2N2.H2O4S/c1-2-3-4-5-6-7-8-9-10-11-14-15-12-13-16-14;3-1-2-4;1-5(2,3)4/h12-13H,2-11H2,1H3,(H,15,16);;(H2,1,2,3,4). The highest BCUT2D eigenvalue weighted by Gasteiger charge is 1.95. The molecule has 3 N–H and O–H groups in total. The molecule has 0 unspecified atom stereocenters. The highest BCUT2D eigenvalue weighted by atomic mass is 32.3. The molecule has 0 amide bonds. The minimum Gasteiger partial charge on any atom is -0.349 e. The number of aromatic amines is 1. The van der Waals surface area contributed by atoms with Gasteiger partial charge in [-0.05, 0) is 6.42 Å². The molecule has 0 bridgehead atoms. The second kappa shape index (κ2) is 18.4. The lowest BCUT2D eigenvalue weighted by atomic mass is 10.1. The predicted molar refractivity (Wildman–Crippen MR) is 94.9 cm³/mol. The van der Waals surface area contributed by atoms with Crippen LogP contribution in [0.25, 0.3) is 0 Å². The Balaban J connectivity index is 0. The Hall–Kier alpha value is -1.94. The molecular weight excluding hydrogens is 344 g/mol. The fourth-order valence-corrected chi connectivity index (χ4v) is 2.04. The van der Waals surface area contributed by atoms with Gasteiger partial charge in [-0.25, -0.2) is 4.98 Å². The molecule has 9 heteroatoms. The molecular formula is C16H28N4O4S. The van der Waals surface area contributed by atoms with Crippen molar-refractivity contribution in [1.29, 1.82) is 10.5 Å². The largest absolute Gasteiger partial charge is 0.394 e. The van der Waals surface area contributed by atoms with Crippen molar-refractivity contribution in [3.05, 3.63) is 18.2 Å². The fraction of sp³-hybridized carbons (Fsp3) is 0.688. The Kier molecular flexibility index (Phi) is 18.6. The molecule has 0 fully saturated rings. The number of nitrogens with one attached hydrogen (secondary N) is 1. The summed E-state index contributed by atoms with van der Waals surface area (Å²) in [5.41, 5.74) is 0. The maximum atomic E-state index is 8.74. The van der Waals surface area contributed by atoms with Crippen molar-refractivity contribution in [2.75, 3.05) is 0 Å². The lowest BCUT2D eigenvalue weighted by molar-refractivity contribution is 0.381. The number of rotatable bonds is 10. The van der Waals surface area contributed by atoms with Crippen LogP contribution in [-0.2, 0) is 16.8 Å². The van der Waals surface area contributed by atoms with Crippen molar-refractivity contribution in [3.63, 3.8) is 0 Å². The molecule has 0 saturated heterocycles. The molecule has 1 aromatic heterocycles.